The van der Waals surface area contributed by atoms with E-state index >= 15 is 0 Å². The zero-order chi connectivity index (χ0) is 18.6. The van der Waals surface area contributed by atoms with Crippen molar-refractivity contribution < 1.29 is 18.7 Å². The molecule has 0 bridgehead atoms. The second-order valence-corrected chi connectivity index (χ2v) is 13.2. The van der Waals surface area contributed by atoms with Crippen LogP contribution in [0.25, 0.3) is 0 Å². The van der Waals surface area contributed by atoms with Crippen molar-refractivity contribution >= 4 is 14.3 Å². The molecule has 0 radical (unpaired) electrons. The Hall–Kier alpha value is -1.07. The molecule has 0 unspecified atom stereocenters. The zero-order valence-electron chi connectivity index (χ0n) is 16.6. The van der Waals surface area contributed by atoms with Crippen molar-refractivity contribution in [3.05, 3.63) is 24.0 Å². The van der Waals surface area contributed by atoms with E-state index in [4.69, 9.17) is 13.9 Å². The van der Waals surface area contributed by atoms with E-state index < -0.39 is 14.1 Å². The molecule has 0 spiro atoms. The predicted molar refractivity (Wildman–Crippen MR) is 100 cm³/mol. The molecule has 0 saturated heterocycles. The highest BCUT2D eigenvalue weighted by Crippen LogP contribution is 2.37. The molecule has 0 saturated carbocycles. The van der Waals surface area contributed by atoms with E-state index in [2.05, 4.69) is 40.8 Å². The second-order valence-electron chi connectivity index (χ2n) is 8.49. The third kappa shape index (κ3) is 6.81. The van der Waals surface area contributed by atoms with Gasteiger partial charge in [0.25, 0.3) is 0 Å². The maximum Gasteiger partial charge on any atom is 0.337 e. The van der Waals surface area contributed by atoms with E-state index in [-0.39, 0.29) is 17.1 Å². The van der Waals surface area contributed by atoms with Crippen molar-refractivity contribution in [2.75, 3.05) is 0 Å². The maximum atomic E-state index is 11.5. The largest absolute Gasteiger partial charge is 0.453 e. The number of hydrogen-bond acceptors (Lipinski definition) is 4. The van der Waals surface area contributed by atoms with Gasteiger partial charge < -0.3 is 13.9 Å². The number of esters is 1. The molecule has 1 rings (SSSR count). The summed E-state index contributed by atoms with van der Waals surface area (Å²) in [5, 5.41) is 0.243. The molecule has 1 atom stereocenters. The van der Waals surface area contributed by atoms with Crippen LogP contribution in [0.5, 0.6) is 0 Å². The number of carbonyl (C=O) groups is 1. The number of carbonyl (C=O) groups excluding carboxylic acids is 1. The maximum absolute atomic E-state index is 11.5. The third-order valence-corrected chi connectivity index (χ3v) is 9.14. The number of hydrogen-bond donors (Lipinski definition) is 0. The molecule has 0 aromatic carbocycles. The highest BCUT2D eigenvalue weighted by molar-refractivity contribution is 6.74. The van der Waals surface area contributed by atoms with Gasteiger partial charge in [0.2, 0.25) is 5.79 Å². The van der Waals surface area contributed by atoms with Gasteiger partial charge in [0.05, 0.1) is 6.08 Å². The average Bonchev–Trinajstić information content (AvgIpc) is 2.33. The summed E-state index contributed by atoms with van der Waals surface area (Å²) in [5.41, 5.74) is 0. The first-order chi connectivity index (χ1) is 10.8. The van der Waals surface area contributed by atoms with Crippen LogP contribution in [0.4, 0.5) is 0 Å². The van der Waals surface area contributed by atoms with Crippen LogP contribution >= 0.6 is 0 Å². The normalized spacial score (nSPS) is 19.7. The Kier molecular flexibility index (Phi) is 6.88. The Labute approximate surface area is 148 Å². The molecule has 0 N–H and O–H groups in total. The van der Waals surface area contributed by atoms with Crippen LogP contribution in [0.3, 0.4) is 0 Å². The summed E-state index contributed by atoms with van der Waals surface area (Å²) in [7, 11) is -1.69. The van der Waals surface area contributed by atoms with Gasteiger partial charge in [-0.25, -0.2) is 4.79 Å². The van der Waals surface area contributed by atoms with Crippen LogP contribution in [-0.4, -0.2) is 26.2 Å². The lowest BCUT2D eigenvalue weighted by molar-refractivity contribution is -0.203. The van der Waals surface area contributed by atoms with Gasteiger partial charge in [0, 0.05) is 20.0 Å². The van der Waals surface area contributed by atoms with Gasteiger partial charge in [-0.2, -0.15) is 0 Å². The Bertz CT molecular complexity index is 498. The van der Waals surface area contributed by atoms with Gasteiger partial charge >= 0.3 is 5.97 Å². The molecule has 1 heterocycles. The molecular formula is C19H34O4Si. The van der Waals surface area contributed by atoms with Gasteiger partial charge in [0.1, 0.15) is 5.76 Å². The summed E-state index contributed by atoms with van der Waals surface area (Å²) in [4.78, 5) is 11.5. The molecule has 0 aliphatic carbocycles. The van der Waals surface area contributed by atoms with Crippen LogP contribution < -0.4 is 0 Å². The lowest BCUT2D eigenvalue weighted by atomic mass is 10.1. The van der Waals surface area contributed by atoms with E-state index in [9.17, 15) is 4.79 Å². The fraction of sp³-hybridized carbons (Fsp3) is 0.737. The fourth-order valence-corrected chi connectivity index (χ4v) is 3.74. The number of allylic oxidation sites excluding steroid dienone is 2. The van der Waals surface area contributed by atoms with Gasteiger partial charge in [-0.3, -0.25) is 0 Å². The Morgan fingerprint density at radius 3 is 2.46 bits per heavy atom. The average molecular weight is 355 g/mol. The van der Waals surface area contributed by atoms with Gasteiger partial charge in [0.15, 0.2) is 8.32 Å². The van der Waals surface area contributed by atoms with Crippen LogP contribution in [0.1, 0.15) is 60.8 Å². The number of ether oxygens (including phenoxy) is 2. The van der Waals surface area contributed by atoms with Crippen LogP contribution in [0, 0.1) is 0 Å². The van der Waals surface area contributed by atoms with Crippen LogP contribution in [-0.2, 0) is 18.7 Å². The summed E-state index contributed by atoms with van der Waals surface area (Å²) in [5.74, 6) is -0.694. The molecule has 138 valence electrons. The number of cyclic esters (lactones) is 1. The Morgan fingerprint density at radius 2 is 1.92 bits per heavy atom. The van der Waals surface area contributed by atoms with Crippen LogP contribution in [0.15, 0.2) is 24.0 Å². The van der Waals surface area contributed by atoms with Crippen LogP contribution in [0.2, 0.25) is 18.1 Å². The van der Waals surface area contributed by atoms with Crippen molar-refractivity contribution in [3.8, 4) is 0 Å². The predicted octanol–water partition coefficient (Wildman–Crippen LogP) is 5.32. The molecule has 0 aromatic rings. The summed E-state index contributed by atoms with van der Waals surface area (Å²) >= 11 is 0. The smallest absolute Gasteiger partial charge is 0.337 e. The third-order valence-electron chi connectivity index (χ3n) is 4.54. The van der Waals surface area contributed by atoms with Crippen molar-refractivity contribution in [1.82, 2.24) is 0 Å². The minimum atomic E-state index is -1.69. The van der Waals surface area contributed by atoms with Gasteiger partial charge in [-0.1, -0.05) is 26.8 Å². The Balaban J connectivity index is 2.37. The number of unbranched alkanes of at least 4 members (excludes halogenated alkanes) is 1. The standard InChI is InChI=1S/C19H34O4Si/c1-15(23-24(7,8)18(2,3)4)12-10-9-11-13-16-14-17(20)22-19(5,6)21-16/h11,13-15H,9-10,12H2,1-8H3/b13-11+/t15-/m1/s1. The van der Waals surface area contributed by atoms with E-state index in [0.717, 1.165) is 19.3 Å². The Morgan fingerprint density at radius 1 is 1.29 bits per heavy atom. The quantitative estimate of drug-likeness (QED) is 0.353. The first kappa shape index (κ1) is 21.0. The van der Waals surface area contributed by atoms with Crippen molar-refractivity contribution in [3.63, 3.8) is 0 Å². The molecule has 24 heavy (non-hydrogen) atoms. The highest BCUT2D eigenvalue weighted by Gasteiger charge is 2.38. The van der Waals surface area contributed by atoms with Gasteiger partial charge in [-0.05, 0) is 50.4 Å². The molecule has 0 amide bonds. The van der Waals surface area contributed by atoms with E-state index in [1.54, 1.807) is 13.8 Å². The van der Waals surface area contributed by atoms with E-state index in [1.807, 2.05) is 12.2 Å². The topological polar surface area (TPSA) is 44.8 Å². The lowest BCUT2D eigenvalue weighted by Crippen LogP contribution is -2.43. The molecule has 1 aliphatic heterocycles. The molecule has 1 aliphatic rings. The second kappa shape index (κ2) is 7.87. The molecule has 0 fully saturated rings. The van der Waals surface area contributed by atoms with Gasteiger partial charge in [-0.15, -0.1) is 0 Å². The molecular weight excluding hydrogens is 320 g/mol. The minimum Gasteiger partial charge on any atom is -0.453 e. The SMILES string of the molecule is C[C@H](CCC/C=C/C1=CC(=O)OC(C)(C)O1)O[Si](C)(C)C(C)(C)C. The van der Waals surface area contributed by atoms with Crippen molar-refractivity contribution in [2.24, 2.45) is 0 Å². The molecule has 5 heteroatoms. The fourth-order valence-electron chi connectivity index (χ4n) is 2.27. The zero-order valence-corrected chi connectivity index (χ0v) is 17.6. The van der Waals surface area contributed by atoms with E-state index in [1.165, 1.54) is 6.08 Å². The minimum absolute atomic E-state index is 0.243. The first-order valence-electron chi connectivity index (χ1n) is 8.80. The lowest BCUT2D eigenvalue weighted by Gasteiger charge is -2.38. The van der Waals surface area contributed by atoms with Crippen molar-refractivity contribution in [2.45, 2.75) is 90.8 Å². The highest BCUT2D eigenvalue weighted by atomic mass is 28.4. The number of rotatable bonds is 7. The summed E-state index contributed by atoms with van der Waals surface area (Å²) in [6, 6.07) is 0. The van der Waals surface area contributed by atoms with E-state index in [0.29, 0.717) is 5.76 Å². The van der Waals surface area contributed by atoms with Crippen molar-refractivity contribution in [1.29, 1.82) is 0 Å². The summed E-state index contributed by atoms with van der Waals surface area (Å²) in [6.45, 7) is 17.0. The first-order valence-corrected chi connectivity index (χ1v) is 11.7. The molecule has 0 aromatic heterocycles. The summed E-state index contributed by atoms with van der Waals surface area (Å²) in [6.07, 6.45) is 8.56. The summed E-state index contributed by atoms with van der Waals surface area (Å²) < 4.78 is 17.0. The molecule has 4 nitrogen and oxygen atoms in total. The monoisotopic (exact) mass is 354 g/mol.